The Kier molecular flexibility index (Phi) is 10.0. The monoisotopic (exact) mass is 492 g/mol. The van der Waals surface area contributed by atoms with Crippen LogP contribution in [0, 0.1) is 5.92 Å². The first-order valence-corrected chi connectivity index (χ1v) is 11.3. The van der Waals surface area contributed by atoms with Crippen molar-refractivity contribution in [1.29, 1.82) is 0 Å². The molecule has 1 aliphatic rings. The van der Waals surface area contributed by atoms with Gasteiger partial charge in [-0.3, -0.25) is 19.2 Å². The Morgan fingerprint density at radius 3 is 2.11 bits per heavy atom. The molecule has 2 rings (SSSR count). The molecule has 1 fully saturated rings. The first kappa shape index (κ1) is 27.6. The average molecular weight is 493 g/mol. The van der Waals surface area contributed by atoms with Crippen LogP contribution >= 0.6 is 0 Å². The van der Waals surface area contributed by atoms with Crippen molar-refractivity contribution in [2.24, 2.45) is 5.92 Å². The van der Waals surface area contributed by atoms with Gasteiger partial charge >= 0.3 is 11.9 Å². The smallest absolute Gasteiger partial charge is 0.326 e. The van der Waals surface area contributed by atoms with E-state index in [1.165, 1.54) is 24.3 Å². The number of nitrogens with one attached hydrogen (secondary N) is 4. The quantitative estimate of drug-likeness (QED) is 0.199. The second-order valence-corrected chi connectivity index (χ2v) is 8.81. The van der Waals surface area contributed by atoms with Crippen LogP contribution in [0.25, 0.3) is 0 Å². The fourth-order valence-corrected chi connectivity index (χ4v) is 3.68. The molecule has 0 saturated carbocycles. The lowest BCUT2D eigenvalue weighted by Crippen LogP contribution is -2.58. The molecule has 0 aliphatic carbocycles. The molecule has 1 saturated heterocycles. The summed E-state index contributed by atoms with van der Waals surface area (Å²) in [7, 11) is 0. The molecule has 35 heavy (non-hydrogen) atoms. The Morgan fingerprint density at radius 2 is 1.60 bits per heavy atom. The number of carbonyl (C=O) groups is 5. The molecule has 7 N–H and O–H groups in total. The van der Waals surface area contributed by atoms with Crippen molar-refractivity contribution < 1.29 is 39.3 Å². The van der Waals surface area contributed by atoms with E-state index in [2.05, 4.69) is 21.3 Å². The molecule has 1 aliphatic heterocycles. The first-order chi connectivity index (χ1) is 16.5. The lowest BCUT2D eigenvalue weighted by molar-refractivity contribution is -0.143. The van der Waals surface area contributed by atoms with Crippen LogP contribution < -0.4 is 21.3 Å². The first-order valence-electron chi connectivity index (χ1n) is 11.3. The van der Waals surface area contributed by atoms with E-state index < -0.39 is 54.3 Å². The minimum atomic E-state index is -1.57. The van der Waals surface area contributed by atoms with Gasteiger partial charge < -0.3 is 36.6 Å². The minimum Gasteiger partial charge on any atom is -0.508 e. The second-order valence-electron chi connectivity index (χ2n) is 8.81. The van der Waals surface area contributed by atoms with Crippen LogP contribution in [0.5, 0.6) is 5.75 Å². The number of phenolic OH excluding ortho intramolecular Hbond substituents is 1. The predicted octanol–water partition coefficient (Wildman–Crippen LogP) is -0.644. The van der Waals surface area contributed by atoms with E-state index in [0.29, 0.717) is 18.5 Å². The highest BCUT2D eigenvalue weighted by Gasteiger charge is 2.33. The molecule has 1 aromatic rings. The van der Waals surface area contributed by atoms with Gasteiger partial charge in [-0.1, -0.05) is 26.0 Å². The third-order valence-electron chi connectivity index (χ3n) is 5.63. The van der Waals surface area contributed by atoms with Gasteiger partial charge in [0, 0.05) is 6.42 Å². The number of aliphatic carboxylic acids is 2. The third-order valence-corrected chi connectivity index (χ3v) is 5.63. The van der Waals surface area contributed by atoms with E-state index in [-0.39, 0.29) is 24.0 Å². The van der Waals surface area contributed by atoms with E-state index in [9.17, 15) is 39.3 Å². The summed E-state index contributed by atoms with van der Waals surface area (Å²) < 4.78 is 0. The van der Waals surface area contributed by atoms with Gasteiger partial charge in [-0.2, -0.15) is 0 Å². The van der Waals surface area contributed by atoms with Gasteiger partial charge in [0.1, 0.15) is 23.9 Å². The highest BCUT2D eigenvalue weighted by atomic mass is 16.4. The molecule has 12 heteroatoms. The topological polar surface area (TPSA) is 194 Å². The van der Waals surface area contributed by atoms with Crippen molar-refractivity contribution >= 4 is 29.7 Å². The maximum absolute atomic E-state index is 12.9. The van der Waals surface area contributed by atoms with Gasteiger partial charge in [-0.05, 0) is 43.0 Å². The fourth-order valence-electron chi connectivity index (χ4n) is 3.68. The number of amides is 3. The van der Waals surface area contributed by atoms with Gasteiger partial charge in [0.2, 0.25) is 17.7 Å². The number of carboxylic acid groups (broad SMARTS) is 2. The number of hydrogen-bond donors (Lipinski definition) is 7. The zero-order valence-electron chi connectivity index (χ0n) is 19.6. The van der Waals surface area contributed by atoms with Crippen LogP contribution in [0.4, 0.5) is 0 Å². The van der Waals surface area contributed by atoms with E-state index in [1.807, 2.05) is 0 Å². The highest BCUT2D eigenvalue weighted by Crippen LogP contribution is 2.12. The average Bonchev–Trinajstić information content (AvgIpc) is 3.32. The van der Waals surface area contributed by atoms with Crippen LogP contribution in [0.2, 0.25) is 0 Å². The van der Waals surface area contributed by atoms with Crippen molar-refractivity contribution in [3.63, 3.8) is 0 Å². The Morgan fingerprint density at radius 1 is 0.971 bits per heavy atom. The summed E-state index contributed by atoms with van der Waals surface area (Å²) in [5.41, 5.74) is 0.512. The van der Waals surface area contributed by atoms with Crippen molar-refractivity contribution in [2.45, 2.75) is 63.7 Å². The molecule has 1 heterocycles. The summed E-state index contributed by atoms with van der Waals surface area (Å²) in [4.78, 5) is 61.2. The standard InChI is InChI=1S/C23H32N4O8/c1-12(2)19(27-20(31)15-4-3-9-24-15)22(33)25-16(11-18(29)30)21(32)26-17(23(34)35)10-13-5-7-14(28)8-6-13/h5-8,12,15-17,19,24,28H,3-4,9-11H2,1-2H3,(H,25,33)(H,26,32)(H,27,31)(H,29,30)(H,34,35). The Bertz CT molecular complexity index is 928. The van der Waals surface area contributed by atoms with E-state index >= 15 is 0 Å². The van der Waals surface area contributed by atoms with Crippen LogP contribution in [0.15, 0.2) is 24.3 Å². The molecule has 0 radical (unpaired) electrons. The molecule has 4 unspecified atom stereocenters. The van der Waals surface area contributed by atoms with E-state index in [1.54, 1.807) is 13.8 Å². The Balaban J connectivity index is 2.10. The van der Waals surface area contributed by atoms with Crippen LogP contribution in [0.3, 0.4) is 0 Å². The normalized spacial score (nSPS) is 17.7. The van der Waals surface area contributed by atoms with Crippen LogP contribution in [0.1, 0.15) is 38.7 Å². The summed E-state index contributed by atoms with van der Waals surface area (Å²) in [6, 6.07) is 1.28. The number of benzene rings is 1. The van der Waals surface area contributed by atoms with Crippen LogP contribution in [-0.4, -0.2) is 75.7 Å². The summed E-state index contributed by atoms with van der Waals surface area (Å²) in [6.07, 6.45) is 0.534. The van der Waals surface area contributed by atoms with Gasteiger partial charge in [-0.25, -0.2) is 4.79 Å². The fraction of sp³-hybridized carbons (Fsp3) is 0.522. The molecule has 0 spiro atoms. The maximum atomic E-state index is 12.9. The third kappa shape index (κ3) is 8.56. The largest absolute Gasteiger partial charge is 0.508 e. The number of aromatic hydroxyl groups is 1. The van der Waals surface area contributed by atoms with Gasteiger partial charge in [0.15, 0.2) is 0 Å². The molecule has 0 aromatic heterocycles. The number of carbonyl (C=O) groups excluding carboxylic acids is 3. The number of hydrogen-bond acceptors (Lipinski definition) is 7. The summed E-state index contributed by atoms with van der Waals surface area (Å²) in [6.45, 7) is 4.07. The number of rotatable bonds is 12. The van der Waals surface area contributed by atoms with Gasteiger partial charge in [0.05, 0.1) is 12.5 Å². The maximum Gasteiger partial charge on any atom is 0.326 e. The lowest BCUT2D eigenvalue weighted by Gasteiger charge is -2.26. The summed E-state index contributed by atoms with van der Waals surface area (Å²) in [5.74, 6) is -5.22. The highest BCUT2D eigenvalue weighted by molar-refractivity contribution is 5.95. The van der Waals surface area contributed by atoms with Crippen molar-refractivity contribution in [3.05, 3.63) is 29.8 Å². The number of carboxylic acids is 2. The second kappa shape index (κ2) is 12.7. The molecule has 12 nitrogen and oxygen atoms in total. The summed E-state index contributed by atoms with van der Waals surface area (Å²) >= 11 is 0. The molecule has 3 amide bonds. The van der Waals surface area contributed by atoms with Crippen molar-refractivity contribution in [3.8, 4) is 5.75 Å². The van der Waals surface area contributed by atoms with Crippen LogP contribution in [-0.2, 0) is 30.4 Å². The van der Waals surface area contributed by atoms with Gasteiger partial charge in [-0.15, -0.1) is 0 Å². The molecular weight excluding hydrogens is 460 g/mol. The lowest BCUT2D eigenvalue weighted by atomic mass is 10.0. The van der Waals surface area contributed by atoms with Crippen molar-refractivity contribution in [1.82, 2.24) is 21.3 Å². The molecule has 192 valence electrons. The predicted molar refractivity (Wildman–Crippen MR) is 123 cm³/mol. The van der Waals surface area contributed by atoms with E-state index in [0.717, 1.165) is 6.42 Å². The minimum absolute atomic E-state index is 0.00981. The number of phenols is 1. The zero-order chi connectivity index (χ0) is 26.1. The summed E-state index contributed by atoms with van der Waals surface area (Å²) in [5, 5.41) is 38.4. The van der Waals surface area contributed by atoms with Gasteiger partial charge in [0.25, 0.3) is 0 Å². The molecule has 0 bridgehead atoms. The zero-order valence-corrected chi connectivity index (χ0v) is 19.6. The molecule has 1 aromatic carbocycles. The van der Waals surface area contributed by atoms with Crippen molar-refractivity contribution in [2.75, 3.05) is 6.54 Å². The molecular formula is C23H32N4O8. The Hall–Kier alpha value is -3.67. The Labute approximate surface area is 202 Å². The SMILES string of the molecule is CC(C)C(NC(=O)C1CCCN1)C(=O)NC(CC(=O)O)C(=O)NC(Cc1ccc(O)cc1)C(=O)O. The molecule has 4 atom stereocenters. The van der Waals surface area contributed by atoms with E-state index in [4.69, 9.17) is 0 Å².